The van der Waals surface area contributed by atoms with Gasteiger partial charge in [-0.2, -0.15) is 0 Å². The van der Waals surface area contributed by atoms with Gasteiger partial charge in [0.25, 0.3) is 0 Å². The first kappa shape index (κ1) is 7.77. The standard InChI is InChI=1S/C10H11NS/c1-7-3-2-4-10-9(7)5-8(6-11)12-10/h2-5H,6,11H2,1H3. The second-order valence-corrected chi connectivity index (χ2v) is 4.07. The van der Waals surface area contributed by atoms with Crippen LogP contribution >= 0.6 is 11.3 Å². The first-order valence-corrected chi connectivity index (χ1v) is 4.81. The number of hydrogen-bond acceptors (Lipinski definition) is 2. The van der Waals surface area contributed by atoms with Gasteiger partial charge in [0.1, 0.15) is 0 Å². The van der Waals surface area contributed by atoms with E-state index in [2.05, 4.69) is 31.2 Å². The van der Waals surface area contributed by atoms with Gasteiger partial charge in [0.2, 0.25) is 0 Å². The Balaban J connectivity index is 2.74. The topological polar surface area (TPSA) is 26.0 Å². The van der Waals surface area contributed by atoms with Crippen LogP contribution in [0.1, 0.15) is 10.4 Å². The summed E-state index contributed by atoms with van der Waals surface area (Å²) in [5, 5.41) is 1.35. The Morgan fingerprint density at radius 2 is 2.25 bits per heavy atom. The lowest BCUT2D eigenvalue weighted by Gasteiger charge is -1.91. The summed E-state index contributed by atoms with van der Waals surface area (Å²) in [5.41, 5.74) is 6.91. The number of fused-ring (bicyclic) bond motifs is 1. The van der Waals surface area contributed by atoms with Crippen molar-refractivity contribution in [1.82, 2.24) is 0 Å². The monoisotopic (exact) mass is 177 g/mol. The fourth-order valence-corrected chi connectivity index (χ4v) is 2.38. The second kappa shape index (κ2) is 2.88. The van der Waals surface area contributed by atoms with Crippen LogP contribution in [0.5, 0.6) is 0 Å². The molecule has 1 heterocycles. The van der Waals surface area contributed by atoms with Crippen LogP contribution in [0.2, 0.25) is 0 Å². The summed E-state index contributed by atoms with van der Waals surface area (Å²) in [6.45, 7) is 2.79. The lowest BCUT2D eigenvalue weighted by Crippen LogP contribution is -1.91. The van der Waals surface area contributed by atoms with Crippen molar-refractivity contribution < 1.29 is 0 Å². The highest BCUT2D eigenvalue weighted by Crippen LogP contribution is 2.27. The average Bonchev–Trinajstić information content (AvgIpc) is 2.49. The SMILES string of the molecule is Cc1cccc2sc(CN)cc12. The van der Waals surface area contributed by atoms with Crippen molar-refractivity contribution in [3.63, 3.8) is 0 Å². The van der Waals surface area contributed by atoms with E-state index < -0.39 is 0 Å². The zero-order valence-electron chi connectivity index (χ0n) is 7.00. The van der Waals surface area contributed by atoms with Crippen molar-refractivity contribution in [3.8, 4) is 0 Å². The number of rotatable bonds is 1. The molecule has 2 aromatic rings. The normalized spacial score (nSPS) is 10.8. The highest BCUT2D eigenvalue weighted by Gasteiger charge is 2.00. The molecule has 0 amide bonds. The molecule has 2 rings (SSSR count). The molecule has 1 aromatic carbocycles. The molecule has 1 aromatic heterocycles. The van der Waals surface area contributed by atoms with Gasteiger partial charge < -0.3 is 5.73 Å². The van der Waals surface area contributed by atoms with Gasteiger partial charge in [-0.1, -0.05) is 12.1 Å². The van der Waals surface area contributed by atoms with Crippen molar-refractivity contribution in [2.24, 2.45) is 5.73 Å². The third-order valence-corrected chi connectivity index (χ3v) is 3.15. The Hall–Kier alpha value is -0.860. The van der Waals surface area contributed by atoms with E-state index in [1.807, 2.05) is 0 Å². The Kier molecular flexibility index (Phi) is 1.87. The first-order valence-electron chi connectivity index (χ1n) is 3.99. The number of aryl methyl sites for hydroxylation is 1. The van der Waals surface area contributed by atoms with Gasteiger partial charge in [-0.05, 0) is 30.0 Å². The molecular formula is C10H11NS. The van der Waals surface area contributed by atoms with Gasteiger partial charge in [-0.3, -0.25) is 0 Å². The van der Waals surface area contributed by atoms with Gasteiger partial charge in [0.15, 0.2) is 0 Å². The molecule has 0 fully saturated rings. The van der Waals surface area contributed by atoms with E-state index in [4.69, 9.17) is 5.73 Å². The molecule has 0 radical (unpaired) electrons. The molecule has 0 spiro atoms. The van der Waals surface area contributed by atoms with Crippen molar-refractivity contribution in [1.29, 1.82) is 0 Å². The minimum atomic E-state index is 0.652. The number of nitrogens with two attached hydrogens (primary N) is 1. The highest BCUT2D eigenvalue weighted by molar-refractivity contribution is 7.19. The zero-order chi connectivity index (χ0) is 8.55. The molecule has 1 nitrogen and oxygen atoms in total. The fraction of sp³-hybridized carbons (Fsp3) is 0.200. The molecule has 0 saturated heterocycles. The van der Waals surface area contributed by atoms with Gasteiger partial charge in [0.05, 0.1) is 0 Å². The van der Waals surface area contributed by atoms with Gasteiger partial charge >= 0.3 is 0 Å². The van der Waals surface area contributed by atoms with E-state index >= 15 is 0 Å². The Morgan fingerprint density at radius 3 is 2.92 bits per heavy atom. The van der Waals surface area contributed by atoms with E-state index in [1.165, 1.54) is 20.5 Å². The first-order chi connectivity index (χ1) is 5.81. The summed E-state index contributed by atoms with van der Waals surface area (Å²) < 4.78 is 1.34. The van der Waals surface area contributed by atoms with E-state index in [0.717, 1.165) is 0 Å². The third kappa shape index (κ3) is 1.13. The van der Waals surface area contributed by atoms with Crippen LogP contribution in [-0.2, 0) is 6.54 Å². The van der Waals surface area contributed by atoms with Gasteiger partial charge in [-0.15, -0.1) is 11.3 Å². The number of hydrogen-bond donors (Lipinski definition) is 1. The van der Waals surface area contributed by atoms with E-state index in [-0.39, 0.29) is 0 Å². The molecule has 2 N–H and O–H groups in total. The highest BCUT2D eigenvalue weighted by atomic mass is 32.1. The summed E-state index contributed by atoms with van der Waals surface area (Å²) in [4.78, 5) is 1.26. The maximum Gasteiger partial charge on any atom is 0.0348 e. The van der Waals surface area contributed by atoms with Crippen molar-refractivity contribution in [3.05, 3.63) is 34.7 Å². The molecule has 0 unspecified atom stereocenters. The van der Waals surface area contributed by atoms with E-state index in [9.17, 15) is 0 Å². The summed E-state index contributed by atoms with van der Waals surface area (Å²) in [7, 11) is 0. The molecule has 0 bridgehead atoms. The molecule has 0 aliphatic carbocycles. The molecule has 0 aliphatic heterocycles. The lowest BCUT2D eigenvalue weighted by molar-refractivity contribution is 1.11. The molecular weight excluding hydrogens is 166 g/mol. The van der Waals surface area contributed by atoms with E-state index in [0.29, 0.717) is 6.54 Å². The zero-order valence-corrected chi connectivity index (χ0v) is 7.82. The molecule has 2 heteroatoms. The predicted molar refractivity (Wildman–Crippen MR) is 54.5 cm³/mol. The van der Waals surface area contributed by atoms with Crippen molar-refractivity contribution in [2.75, 3.05) is 0 Å². The quantitative estimate of drug-likeness (QED) is 0.712. The molecule has 0 saturated carbocycles. The minimum Gasteiger partial charge on any atom is -0.326 e. The van der Waals surface area contributed by atoms with Crippen LogP contribution in [0.15, 0.2) is 24.3 Å². The van der Waals surface area contributed by atoms with Crippen molar-refractivity contribution >= 4 is 21.4 Å². The van der Waals surface area contributed by atoms with Crippen LogP contribution < -0.4 is 5.73 Å². The third-order valence-electron chi connectivity index (χ3n) is 2.03. The number of benzene rings is 1. The van der Waals surface area contributed by atoms with Crippen LogP contribution in [0.3, 0.4) is 0 Å². The summed E-state index contributed by atoms with van der Waals surface area (Å²) in [6.07, 6.45) is 0. The van der Waals surface area contributed by atoms with Gasteiger partial charge in [-0.25, -0.2) is 0 Å². The Labute approximate surface area is 75.8 Å². The summed E-state index contributed by atoms with van der Waals surface area (Å²) in [5.74, 6) is 0. The van der Waals surface area contributed by atoms with Gasteiger partial charge in [0, 0.05) is 16.1 Å². The predicted octanol–water partition coefficient (Wildman–Crippen LogP) is 2.67. The van der Waals surface area contributed by atoms with E-state index in [1.54, 1.807) is 11.3 Å². The minimum absolute atomic E-state index is 0.652. The molecule has 0 atom stereocenters. The van der Waals surface area contributed by atoms with Crippen molar-refractivity contribution in [2.45, 2.75) is 13.5 Å². The summed E-state index contributed by atoms with van der Waals surface area (Å²) in [6, 6.07) is 8.56. The van der Waals surface area contributed by atoms with Crippen LogP contribution in [0.25, 0.3) is 10.1 Å². The molecule has 12 heavy (non-hydrogen) atoms. The smallest absolute Gasteiger partial charge is 0.0348 e. The van der Waals surface area contributed by atoms with Crippen LogP contribution in [-0.4, -0.2) is 0 Å². The maximum absolute atomic E-state index is 5.57. The fourth-order valence-electron chi connectivity index (χ4n) is 1.36. The largest absolute Gasteiger partial charge is 0.326 e. The average molecular weight is 177 g/mol. The Morgan fingerprint density at radius 1 is 1.42 bits per heavy atom. The van der Waals surface area contributed by atoms with Crippen LogP contribution in [0.4, 0.5) is 0 Å². The molecule has 62 valence electrons. The molecule has 0 aliphatic rings. The van der Waals surface area contributed by atoms with Crippen LogP contribution in [0, 0.1) is 6.92 Å². The Bertz CT molecular complexity index is 403. The maximum atomic E-state index is 5.57. The summed E-state index contributed by atoms with van der Waals surface area (Å²) >= 11 is 1.79. The second-order valence-electron chi connectivity index (χ2n) is 2.90. The lowest BCUT2D eigenvalue weighted by atomic mass is 10.1. The number of thiophene rings is 1.